The molecule has 1 aromatic heterocycles. The summed E-state index contributed by atoms with van der Waals surface area (Å²) < 4.78 is 5.38. The van der Waals surface area contributed by atoms with Crippen molar-refractivity contribution in [3.63, 3.8) is 0 Å². The van der Waals surface area contributed by atoms with Crippen LogP contribution < -0.4 is 0 Å². The van der Waals surface area contributed by atoms with Gasteiger partial charge in [-0.3, -0.25) is 4.79 Å². The van der Waals surface area contributed by atoms with Crippen molar-refractivity contribution in [3.8, 4) is 0 Å². The molecule has 0 aliphatic rings. The standard InChI is InChI=1S/C12H20N2O2/c1-6-7-9-13-10(8(2)15)11(14-9)12(3,4)16-5/h6-7H2,1-5H3,(H,13,14). The zero-order chi connectivity index (χ0) is 12.3. The average molecular weight is 224 g/mol. The van der Waals surface area contributed by atoms with Gasteiger partial charge < -0.3 is 9.72 Å². The van der Waals surface area contributed by atoms with E-state index in [0.717, 1.165) is 24.4 Å². The minimum atomic E-state index is -0.514. The van der Waals surface area contributed by atoms with Crippen molar-refractivity contribution in [2.75, 3.05) is 7.11 Å². The van der Waals surface area contributed by atoms with Gasteiger partial charge in [0.1, 0.15) is 17.1 Å². The summed E-state index contributed by atoms with van der Waals surface area (Å²) in [5, 5.41) is 0. The van der Waals surface area contributed by atoms with Crippen molar-refractivity contribution >= 4 is 5.78 Å². The molecule has 1 aromatic rings. The largest absolute Gasteiger partial charge is 0.373 e. The Morgan fingerprint density at radius 2 is 2.12 bits per heavy atom. The van der Waals surface area contributed by atoms with Crippen LogP contribution in [0.4, 0.5) is 0 Å². The molecular formula is C12H20N2O2. The van der Waals surface area contributed by atoms with Gasteiger partial charge in [0.2, 0.25) is 0 Å². The fourth-order valence-electron chi connectivity index (χ4n) is 1.57. The lowest BCUT2D eigenvalue weighted by Gasteiger charge is -2.22. The smallest absolute Gasteiger partial charge is 0.180 e. The Labute approximate surface area is 96.4 Å². The Bertz CT molecular complexity index is 380. The number of carbonyl (C=O) groups excluding carboxylic acids is 1. The molecule has 90 valence electrons. The van der Waals surface area contributed by atoms with Crippen LogP contribution in [-0.4, -0.2) is 22.9 Å². The molecule has 1 N–H and O–H groups in total. The third-order valence-corrected chi connectivity index (χ3v) is 2.69. The molecule has 0 saturated heterocycles. The number of hydrogen-bond donors (Lipinski definition) is 1. The molecule has 4 heteroatoms. The van der Waals surface area contributed by atoms with Crippen molar-refractivity contribution < 1.29 is 9.53 Å². The number of ether oxygens (including phenoxy) is 1. The van der Waals surface area contributed by atoms with Gasteiger partial charge in [-0.25, -0.2) is 4.98 Å². The summed E-state index contributed by atoms with van der Waals surface area (Å²) >= 11 is 0. The van der Waals surface area contributed by atoms with Crippen molar-refractivity contribution in [2.24, 2.45) is 0 Å². The predicted octanol–water partition coefficient (Wildman–Crippen LogP) is 2.45. The Hall–Kier alpha value is -1.16. The number of imidazole rings is 1. The van der Waals surface area contributed by atoms with Gasteiger partial charge in [0.15, 0.2) is 5.78 Å². The van der Waals surface area contributed by atoms with Gasteiger partial charge >= 0.3 is 0 Å². The Kier molecular flexibility index (Phi) is 3.86. The van der Waals surface area contributed by atoms with Crippen LogP contribution in [0, 0.1) is 0 Å². The number of nitrogens with one attached hydrogen (secondary N) is 1. The van der Waals surface area contributed by atoms with E-state index < -0.39 is 5.60 Å². The van der Waals surface area contributed by atoms with E-state index >= 15 is 0 Å². The molecule has 0 bridgehead atoms. The summed E-state index contributed by atoms with van der Waals surface area (Å²) in [7, 11) is 1.63. The molecule has 0 radical (unpaired) electrons. The number of aryl methyl sites for hydroxylation is 1. The molecule has 0 amide bonds. The number of rotatable bonds is 5. The molecule has 4 nitrogen and oxygen atoms in total. The molecule has 0 fully saturated rings. The Morgan fingerprint density at radius 1 is 1.50 bits per heavy atom. The number of Topliss-reactive ketones (excluding diaryl/α,β-unsaturated/α-hetero) is 1. The minimum absolute atomic E-state index is 0.0290. The third kappa shape index (κ3) is 2.50. The first-order valence-corrected chi connectivity index (χ1v) is 5.57. The highest BCUT2D eigenvalue weighted by molar-refractivity contribution is 5.93. The fraction of sp³-hybridized carbons (Fsp3) is 0.667. The van der Waals surface area contributed by atoms with Gasteiger partial charge in [-0.2, -0.15) is 0 Å². The lowest BCUT2D eigenvalue weighted by Crippen LogP contribution is -2.22. The zero-order valence-electron chi connectivity index (χ0n) is 10.7. The van der Waals surface area contributed by atoms with Crippen LogP contribution in [0.3, 0.4) is 0 Å². The topological polar surface area (TPSA) is 55.0 Å². The second kappa shape index (κ2) is 4.78. The predicted molar refractivity (Wildman–Crippen MR) is 62.6 cm³/mol. The minimum Gasteiger partial charge on any atom is -0.373 e. The van der Waals surface area contributed by atoms with E-state index in [-0.39, 0.29) is 5.78 Å². The lowest BCUT2D eigenvalue weighted by molar-refractivity contribution is 0.0150. The number of hydrogen-bond acceptors (Lipinski definition) is 3. The van der Waals surface area contributed by atoms with Crippen LogP contribution in [0.2, 0.25) is 0 Å². The number of H-pyrrole nitrogens is 1. The number of carbonyl (C=O) groups is 1. The Morgan fingerprint density at radius 3 is 2.56 bits per heavy atom. The number of aromatic nitrogens is 2. The molecule has 0 saturated carbocycles. The lowest BCUT2D eigenvalue weighted by atomic mass is 10.0. The highest BCUT2D eigenvalue weighted by atomic mass is 16.5. The van der Waals surface area contributed by atoms with Crippen molar-refractivity contribution in [1.82, 2.24) is 9.97 Å². The third-order valence-electron chi connectivity index (χ3n) is 2.69. The summed E-state index contributed by atoms with van der Waals surface area (Å²) in [5.74, 6) is 0.826. The first-order valence-electron chi connectivity index (χ1n) is 5.57. The van der Waals surface area contributed by atoms with E-state index in [9.17, 15) is 4.79 Å². The van der Waals surface area contributed by atoms with Crippen molar-refractivity contribution in [3.05, 3.63) is 17.2 Å². The quantitative estimate of drug-likeness (QED) is 0.781. The highest BCUT2D eigenvalue weighted by Gasteiger charge is 2.28. The zero-order valence-corrected chi connectivity index (χ0v) is 10.7. The normalized spacial score (nSPS) is 11.8. The van der Waals surface area contributed by atoms with Gasteiger partial charge in [0.05, 0.1) is 5.69 Å². The highest BCUT2D eigenvalue weighted by Crippen LogP contribution is 2.26. The second-order valence-corrected chi connectivity index (χ2v) is 4.43. The van der Waals surface area contributed by atoms with Crippen LogP contribution in [-0.2, 0) is 16.8 Å². The molecular weight excluding hydrogens is 204 g/mol. The maximum Gasteiger partial charge on any atom is 0.180 e. The van der Waals surface area contributed by atoms with Crippen LogP contribution in [0.15, 0.2) is 0 Å². The van der Waals surface area contributed by atoms with E-state index in [2.05, 4.69) is 16.9 Å². The van der Waals surface area contributed by atoms with E-state index in [1.165, 1.54) is 6.92 Å². The summed E-state index contributed by atoms with van der Waals surface area (Å²) in [5.41, 5.74) is 0.751. The first-order chi connectivity index (χ1) is 7.42. The molecule has 0 aromatic carbocycles. The second-order valence-electron chi connectivity index (χ2n) is 4.43. The molecule has 0 aliphatic carbocycles. The SMILES string of the molecule is CCCc1nc(C(C)=O)c(C(C)(C)OC)[nH]1. The molecule has 0 unspecified atom stereocenters. The molecule has 0 aliphatic heterocycles. The summed E-state index contributed by atoms with van der Waals surface area (Å²) in [6.07, 6.45) is 1.85. The van der Waals surface area contributed by atoms with Gasteiger partial charge in [-0.1, -0.05) is 6.92 Å². The van der Waals surface area contributed by atoms with E-state index in [1.54, 1.807) is 7.11 Å². The van der Waals surface area contributed by atoms with E-state index in [1.807, 2.05) is 13.8 Å². The first kappa shape index (κ1) is 12.9. The number of methoxy groups -OCH3 is 1. The van der Waals surface area contributed by atoms with Crippen molar-refractivity contribution in [2.45, 2.75) is 46.1 Å². The van der Waals surface area contributed by atoms with Crippen LogP contribution in [0.5, 0.6) is 0 Å². The average Bonchev–Trinajstić information content (AvgIpc) is 2.63. The number of ketones is 1. The van der Waals surface area contributed by atoms with Gasteiger partial charge in [-0.05, 0) is 20.3 Å². The van der Waals surface area contributed by atoms with Crippen LogP contribution in [0.25, 0.3) is 0 Å². The summed E-state index contributed by atoms with van der Waals surface area (Å²) in [6, 6.07) is 0. The molecule has 1 heterocycles. The fourth-order valence-corrected chi connectivity index (χ4v) is 1.57. The number of nitrogens with zero attached hydrogens (tertiary/aromatic N) is 1. The maximum atomic E-state index is 11.5. The maximum absolute atomic E-state index is 11.5. The van der Waals surface area contributed by atoms with E-state index in [4.69, 9.17) is 4.74 Å². The van der Waals surface area contributed by atoms with Gasteiger partial charge in [0, 0.05) is 20.5 Å². The molecule has 16 heavy (non-hydrogen) atoms. The van der Waals surface area contributed by atoms with Crippen molar-refractivity contribution in [1.29, 1.82) is 0 Å². The molecule has 0 spiro atoms. The summed E-state index contributed by atoms with van der Waals surface area (Å²) in [4.78, 5) is 19.0. The van der Waals surface area contributed by atoms with Crippen LogP contribution >= 0.6 is 0 Å². The van der Waals surface area contributed by atoms with E-state index in [0.29, 0.717) is 5.69 Å². The van der Waals surface area contributed by atoms with Gasteiger partial charge in [0.25, 0.3) is 0 Å². The monoisotopic (exact) mass is 224 g/mol. The Balaban J connectivity index is 3.20. The van der Waals surface area contributed by atoms with Crippen LogP contribution in [0.1, 0.15) is 56.1 Å². The summed E-state index contributed by atoms with van der Waals surface area (Å²) in [6.45, 7) is 7.45. The molecule has 1 rings (SSSR count). The number of aromatic amines is 1. The van der Waals surface area contributed by atoms with Gasteiger partial charge in [-0.15, -0.1) is 0 Å². The molecule has 0 atom stereocenters.